The minimum Gasteiger partial charge on any atom is -0.464 e. The summed E-state index contributed by atoms with van der Waals surface area (Å²) in [4.78, 5) is 12.9. The van der Waals surface area contributed by atoms with Gasteiger partial charge in [0.1, 0.15) is 0 Å². The minimum atomic E-state index is 0.347. The van der Waals surface area contributed by atoms with Gasteiger partial charge in [-0.1, -0.05) is 6.92 Å². The molecule has 2 heterocycles. The van der Waals surface area contributed by atoms with Crippen molar-refractivity contribution in [2.75, 3.05) is 37.0 Å². The summed E-state index contributed by atoms with van der Waals surface area (Å²) in [5, 5.41) is 6.50. The van der Waals surface area contributed by atoms with Crippen molar-refractivity contribution in [2.24, 2.45) is 0 Å². The second-order valence-corrected chi connectivity index (χ2v) is 4.66. The van der Waals surface area contributed by atoms with E-state index in [-0.39, 0.29) is 0 Å². The Labute approximate surface area is 119 Å². The molecule has 1 aromatic heterocycles. The Morgan fingerprint density at radius 3 is 2.60 bits per heavy atom. The quantitative estimate of drug-likeness (QED) is 0.787. The molecule has 7 heteroatoms. The standard InChI is InChI=1S/C13H23N5O2/c1-3-7-14-11-16-12(18-13(17-11)20-4-2)15-10-5-8-19-9-6-10/h10H,3-9H2,1-2H3,(H2,14,15,16,17,18). The maximum Gasteiger partial charge on any atom is 0.323 e. The van der Waals surface area contributed by atoms with Crippen molar-refractivity contribution < 1.29 is 9.47 Å². The molecule has 0 spiro atoms. The number of aromatic nitrogens is 3. The van der Waals surface area contributed by atoms with Crippen LogP contribution < -0.4 is 15.4 Å². The molecule has 112 valence electrons. The van der Waals surface area contributed by atoms with Gasteiger partial charge in [0.2, 0.25) is 11.9 Å². The number of hydrogen-bond donors (Lipinski definition) is 2. The number of ether oxygens (including phenoxy) is 2. The first kappa shape index (κ1) is 14.8. The zero-order chi connectivity index (χ0) is 14.2. The third kappa shape index (κ3) is 4.48. The van der Waals surface area contributed by atoms with Crippen molar-refractivity contribution in [1.29, 1.82) is 0 Å². The Balaban J connectivity index is 2.06. The van der Waals surface area contributed by atoms with Crippen molar-refractivity contribution in [2.45, 2.75) is 39.2 Å². The smallest absolute Gasteiger partial charge is 0.323 e. The highest BCUT2D eigenvalue weighted by Crippen LogP contribution is 2.15. The highest BCUT2D eigenvalue weighted by atomic mass is 16.5. The van der Waals surface area contributed by atoms with Crippen LogP contribution in [-0.4, -0.2) is 47.4 Å². The number of anilines is 2. The van der Waals surface area contributed by atoms with E-state index in [0.29, 0.717) is 30.6 Å². The second-order valence-electron chi connectivity index (χ2n) is 4.66. The van der Waals surface area contributed by atoms with Crippen LogP contribution in [0.1, 0.15) is 33.1 Å². The van der Waals surface area contributed by atoms with Gasteiger partial charge in [-0.15, -0.1) is 0 Å². The van der Waals surface area contributed by atoms with E-state index < -0.39 is 0 Å². The van der Waals surface area contributed by atoms with E-state index in [9.17, 15) is 0 Å². The zero-order valence-electron chi connectivity index (χ0n) is 12.2. The fourth-order valence-corrected chi connectivity index (χ4v) is 1.96. The van der Waals surface area contributed by atoms with E-state index in [2.05, 4.69) is 32.5 Å². The van der Waals surface area contributed by atoms with E-state index in [4.69, 9.17) is 9.47 Å². The maximum absolute atomic E-state index is 5.39. The number of nitrogens with one attached hydrogen (secondary N) is 2. The Hall–Kier alpha value is -1.63. The third-order valence-electron chi connectivity index (χ3n) is 2.98. The molecule has 0 aromatic carbocycles. The fourth-order valence-electron chi connectivity index (χ4n) is 1.96. The topological polar surface area (TPSA) is 81.2 Å². The predicted octanol–water partition coefficient (Wildman–Crippen LogP) is 1.68. The van der Waals surface area contributed by atoms with Gasteiger partial charge in [-0.2, -0.15) is 15.0 Å². The van der Waals surface area contributed by atoms with Gasteiger partial charge < -0.3 is 20.1 Å². The molecule has 0 radical (unpaired) electrons. The molecular weight excluding hydrogens is 258 g/mol. The number of rotatable bonds is 7. The lowest BCUT2D eigenvalue weighted by Crippen LogP contribution is -2.29. The molecule has 1 aliphatic rings. The summed E-state index contributed by atoms with van der Waals surface area (Å²) in [7, 11) is 0. The van der Waals surface area contributed by atoms with E-state index in [1.165, 1.54) is 0 Å². The molecule has 1 fully saturated rings. The lowest BCUT2D eigenvalue weighted by atomic mass is 10.1. The van der Waals surface area contributed by atoms with Crippen molar-refractivity contribution in [3.63, 3.8) is 0 Å². The first-order valence-electron chi connectivity index (χ1n) is 7.28. The summed E-state index contributed by atoms with van der Waals surface area (Å²) in [6, 6.07) is 0.704. The van der Waals surface area contributed by atoms with Crippen LogP contribution in [0.2, 0.25) is 0 Å². The summed E-state index contributed by atoms with van der Waals surface area (Å²) in [5.74, 6) is 1.12. The van der Waals surface area contributed by atoms with Gasteiger partial charge in [0.05, 0.1) is 6.61 Å². The van der Waals surface area contributed by atoms with Crippen LogP contribution in [0.15, 0.2) is 0 Å². The first-order chi connectivity index (χ1) is 9.81. The second kappa shape index (κ2) is 7.84. The summed E-state index contributed by atoms with van der Waals surface area (Å²) >= 11 is 0. The molecule has 2 rings (SSSR count). The SMILES string of the molecule is CCCNc1nc(NC2CCOCC2)nc(OCC)n1. The van der Waals surface area contributed by atoms with Crippen molar-refractivity contribution in [3.05, 3.63) is 0 Å². The summed E-state index contributed by atoms with van der Waals surface area (Å²) in [5.41, 5.74) is 0. The summed E-state index contributed by atoms with van der Waals surface area (Å²) in [6.45, 7) is 6.93. The van der Waals surface area contributed by atoms with Crippen molar-refractivity contribution in [3.8, 4) is 6.01 Å². The van der Waals surface area contributed by atoms with Crippen LogP contribution in [0.3, 0.4) is 0 Å². The molecule has 1 aliphatic heterocycles. The minimum absolute atomic E-state index is 0.347. The number of hydrogen-bond acceptors (Lipinski definition) is 7. The summed E-state index contributed by atoms with van der Waals surface area (Å²) < 4.78 is 10.7. The lowest BCUT2D eigenvalue weighted by Gasteiger charge is -2.23. The number of nitrogens with zero attached hydrogens (tertiary/aromatic N) is 3. The Bertz CT molecular complexity index is 410. The molecule has 0 atom stereocenters. The first-order valence-corrected chi connectivity index (χ1v) is 7.28. The molecule has 0 saturated carbocycles. The van der Waals surface area contributed by atoms with Gasteiger partial charge >= 0.3 is 6.01 Å². The van der Waals surface area contributed by atoms with Crippen molar-refractivity contribution >= 4 is 11.9 Å². The van der Waals surface area contributed by atoms with Crippen LogP contribution in [0, 0.1) is 0 Å². The van der Waals surface area contributed by atoms with Gasteiger partial charge in [-0.3, -0.25) is 0 Å². The zero-order valence-corrected chi connectivity index (χ0v) is 12.2. The van der Waals surface area contributed by atoms with Gasteiger partial charge in [0, 0.05) is 25.8 Å². The Morgan fingerprint density at radius 2 is 1.90 bits per heavy atom. The van der Waals surface area contributed by atoms with E-state index >= 15 is 0 Å². The molecular formula is C13H23N5O2. The molecule has 0 amide bonds. The van der Waals surface area contributed by atoms with Crippen LogP contribution in [0.25, 0.3) is 0 Å². The van der Waals surface area contributed by atoms with Crippen LogP contribution in [0.4, 0.5) is 11.9 Å². The monoisotopic (exact) mass is 281 g/mol. The van der Waals surface area contributed by atoms with Gasteiger partial charge in [0.15, 0.2) is 0 Å². The highest BCUT2D eigenvalue weighted by molar-refractivity contribution is 5.36. The molecule has 7 nitrogen and oxygen atoms in total. The van der Waals surface area contributed by atoms with Gasteiger partial charge in [-0.05, 0) is 26.2 Å². The average molecular weight is 281 g/mol. The largest absolute Gasteiger partial charge is 0.464 e. The third-order valence-corrected chi connectivity index (χ3v) is 2.98. The van der Waals surface area contributed by atoms with E-state index in [1.807, 2.05) is 6.92 Å². The molecule has 2 N–H and O–H groups in total. The molecule has 0 aliphatic carbocycles. The van der Waals surface area contributed by atoms with Crippen LogP contribution in [-0.2, 0) is 4.74 Å². The molecule has 1 aromatic rings. The molecule has 0 bridgehead atoms. The van der Waals surface area contributed by atoms with Gasteiger partial charge in [0.25, 0.3) is 0 Å². The predicted molar refractivity (Wildman–Crippen MR) is 77.2 cm³/mol. The van der Waals surface area contributed by atoms with E-state index in [1.54, 1.807) is 0 Å². The Morgan fingerprint density at radius 1 is 1.15 bits per heavy atom. The Kier molecular flexibility index (Phi) is 5.79. The normalized spacial score (nSPS) is 15.9. The fraction of sp³-hybridized carbons (Fsp3) is 0.769. The molecule has 20 heavy (non-hydrogen) atoms. The van der Waals surface area contributed by atoms with Gasteiger partial charge in [-0.25, -0.2) is 0 Å². The van der Waals surface area contributed by atoms with Crippen LogP contribution >= 0.6 is 0 Å². The summed E-state index contributed by atoms with van der Waals surface area (Å²) in [6.07, 6.45) is 2.94. The van der Waals surface area contributed by atoms with Crippen LogP contribution in [0.5, 0.6) is 6.01 Å². The van der Waals surface area contributed by atoms with Crippen molar-refractivity contribution in [1.82, 2.24) is 15.0 Å². The highest BCUT2D eigenvalue weighted by Gasteiger charge is 2.16. The maximum atomic E-state index is 5.39. The molecule has 1 saturated heterocycles. The average Bonchev–Trinajstić information content (AvgIpc) is 2.46. The lowest BCUT2D eigenvalue weighted by molar-refractivity contribution is 0.0903. The molecule has 0 unspecified atom stereocenters. The van der Waals surface area contributed by atoms with E-state index in [0.717, 1.165) is 39.0 Å².